The Hall–Kier alpha value is -2.32. The third kappa shape index (κ3) is 3.29. The fourth-order valence-corrected chi connectivity index (χ4v) is 2.59. The van der Waals surface area contributed by atoms with Crippen LogP contribution in [0.4, 0.5) is 0 Å². The zero-order valence-corrected chi connectivity index (χ0v) is 12.8. The van der Waals surface area contributed by atoms with Crippen molar-refractivity contribution < 1.29 is 9.47 Å². The maximum Gasteiger partial charge on any atom is 0.120 e. The van der Waals surface area contributed by atoms with Gasteiger partial charge in [0.25, 0.3) is 0 Å². The van der Waals surface area contributed by atoms with Gasteiger partial charge in [-0.05, 0) is 41.0 Å². The average molecular weight is 292 g/mol. The summed E-state index contributed by atoms with van der Waals surface area (Å²) in [6.45, 7) is 3.91. The molecule has 0 aromatic heterocycles. The minimum Gasteiger partial charge on any atom is -0.491 e. The normalized spacial score (nSPS) is 10.8. The van der Waals surface area contributed by atoms with Crippen molar-refractivity contribution in [3.63, 3.8) is 0 Å². The molecule has 0 aliphatic rings. The van der Waals surface area contributed by atoms with Crippen LogP contribution in [0, 0.1) is 0 Å². The van der Waals surface area contributed by atoms with Crippen molar-refractivity contribution in [3.8, 4) is 16.9 Å². The van der Waals surface area contributed by atoms with Gasteiger partial charge in [0.15, 0.2) is 0 Å². The Bertz CT molecular complexity index is 744. The lowest BCUT2D eigenvalue weighted by Crippen LogP contribution is -2.06. The minimum absolute atomic E-state index is 0.576. The van der Waals surface area contributed by atoms with Gasteiger partial charge in [-0.15, -0.1) is 0 Å². The maximum absolute atomic E-state index is 5.76. The van der Waals surface area contributed by atoms with E-state index in [9.17, 15) is 0 Å². The maximum atomic E-state index is 5.76. The van der Waals surface area contributed by atoms with E-state index in [2.05, 4.69) is 54.6 Å². The lowest BCUT2D eigenvalue weighted by molar-refractivity contribution is 0.110. The minimum atomic E-state index is 0.576. The monoisotopic (exact) mass is 292 g/mol. The van der Waals surface area contributed by atoms with Crippen LogP contribution in [0.5, 0.6) is 5.75 Å². The third-order valence-electron chi connectivity index (χ3n) is 3.64. The predicted octanol–water partition coefficient (Wildman–Crippen LogP) is 4.92. The molecule has 0 N–H and O–H groups in total. The SMILES string of the molecule is CCOCCOc1cccc(-c2cccc3ccccc23)c1. The van der Waals surface area contributed by atoms with Crippen molar-refractivity contribution in [2.75, 3.05) is 19.8 Å². The van der Waals surface area contributed by atoms with Crippen LogP contribution in [-0.4, -0.2) is 19.8 Å². The van der Waals surface area contributed by atoms with Gasteiger partial charge in [0, 0.05) is 6.61 Å². The molecule has 3 aromatic carbocycles. The van der Waals surface area contributed by atoms with Crippen molar-refractivity contribution in [3.05, 3.63) is 66.7 Å². The van der Waals surface area contributed by atoms with Crippen LogP contribution in [0.25, 0.3) is 21.9 Å². The van der Waals surface area contributed by atoms with Gasteiger partial charge in [-0.2, -0.15) is 0 Å². The van der Waals surface area contributed by atoms with E-state index in [4.69, 9.17) is 9.47 Å². The highest BCUT2D eigenvalue weighted by Crippen LogP contribution is 2.30. The molecule has 112 valence electrons. The van der Waals surface area contributed by atoms with E-state index >= 15 is 0 Å². The van der Waals surface area contributed by atoms with Crippen LogP contribution >= 0.6 is 0 Å². The molecule has 0 saturated carbocycles. The first kappa shape index (κ1) is 14.6. The van der Waals surface area contributed by atoms with Gasteiger partial charge in [0.2, 0.25) is 0 Å². The Balaban J connectivity index is 1.87. The van der Waals surface area contributed by atoms with Gasteiger partial charge < -0.3 is 9.47 Å². The zero-order valence-electron chi connectivity index (χ0n) is 12.8. The first-order chi connectivity index (χ1) is 10.9. The molecule has 2 heteroatoms. The molecule has 0 bridgehead atoms. The second-order valence-electron chi connectivity index (χ2n) is 5.10. The van der Waals surface area contributed by atoms with E-state index in [1.54, 1.807) is 0 Å². The Labute approximate surface area is 131 Å². The summed E-state index contributed by atoms with van der Waals surface area (Å²) in [7, 11) is 0. The smallest absolute Gasteiger partial charge is 0.120 e. The van der Waals surface area contributed by atoms with Crippen molar-refractivity contribution in [2.45, 2.75) is 6.92 Å². The van der Waals surface area contributed by atoms with Crippen molar-refractivity contribution in [1.82, 2.24) is 0 Å². The Morgan fingerprint density at radius 1 is 0.818 bits per heavy atom. The number of ether oxygens (including phenoxy) is 2. The molecule has 0 aliphatic carbocycles. The zero-order chi connectivity index (χ0) is 15.2. The summed E-state index contributed by atoms with van der Waals surface area (Å²) in [5.41, 5.74) is 2.40. The summed E-state index contributed by atoms with van der Waals surface area (Å²) < 4.78 is 11.1. The lowest BCUT2D eigenvalue weighted by Gasteiger charge is -2.10. The number of fused-ring (bicyclic) bond motifs is 1. The van der Waals surface area contributed by atoms with Crippen LogP contribution < -0.4 is 4.74 Å². The summed E-state index contributed by atoms with van der Waals surface area (Å²) in [6, 6.07) is 23.1. The summed E-state index contributed by atoms with van der Waals surface area (Å²) >= 11 is 0. The number of hydrogen-bond acceptors (Lipinski definition) is 2. The number of hydrogen-bond donors (Lipinski definition) is 0. The van der Waals surface area contributed by atoms with Gasteiger partial charge in [-0.25, -0.2) is 0 Å². The van der Waals surface area contributed by atoms with Gasteiger partial charge in [0.1, 0.15) is 12.4 Å². The van der Waals surface area contributed by atoms with Crippen LogP contribution in [0.3, 0.4) is 0 Å². The fraction of sp³-hybridized carbons (Fsp3) is 0.200. The highest BCUT2D eigenvalue weighted by molar-refractivity contribution is 5.96. The van der Waals surface area contributed by atoms with Gasteiger partial charge in [-0.1, -0.05) is 54.6 Å². The van der Waals surface area contributed by atoms with Crippen molar-refractivity contribution in [2.24, 2.45) is 0 Å². The predicted molar refractivity (Wildman–Crippen MR) is 91.4 cm³/mol. The molecule has 0 fully saturated rings. The molecule has 3 rings (SSSR count). The standard InChI is InChI=1S/C20H20O2/c1-2-21-13-14-22-18-10-5-9-17(15-18)20-12-6-8-16-7-3-4-11-19(16)20/h3-12,15H,2,13-14H2,1H3. The van der Waals surface area contributed by atoms with Gasteiger partial charge >= 0.3 is 0 Å². The molecule has 0 radical (unpaired) electrons. The number of benzene rings is 3. The highest BCUT2D eigenvalue weighted by Gasteiger charge is 2.04. The second kappa shape index (κ2) is 7.10. The van der Waals surface area contributed by atoms with E-state index in [1.807, 2.05) is 19.1 Å². The van der Waals surface area contributed by atoms with Crippen molar-refractivity contribution >= 4 is 10.8 Å². The molecule has 0 aliphatic heterocycles. The van der Waals surface area contributed by atoms with Crippen LogP contribution in [0.2, 0.25) is 0 Å². The van der Waals surface area contributed by atoms with E-state index in [0.29, 0.717) is 13.2 Å². The Morgan fingerprint density at radius 2 is 1.64 bits per heavy atom. The van der Waals surface area contributed by atoms with E-state index in [0.717, 1.165) is 12.4 Å². The first-order valence-corrected chi connectivity index (χ1v) is 7.67. The fourth-order valence-electron chi connectivity index (χ4n) is 2.59. The van der Waals surface area contributed by atoms with Crippen LogP contribution in [0.15, 0.2) is 66.7 Å². The third-order valence-corrected chi connectivity index (χ3v) is 3.64. The Morgan fingerprint density at radius 3 is 2.55 bits per heavy atom. The molecule has 0 spiro atoms. The van der Waals surface area contributed by atoms with Gasteiger partial charge in [-0.3, -0.25) is 0 Å². The Kier molecular flexibility index (Phi) is 4.71. The van der Waals surface area contributed by atoms with E-state index in [-0.39, 0.29) is 0 Å². The second-order valence-corrected chi connectivity index (χ2v) is 5.10. The van der Waals surface area contributed by atoms with Crippen molar-refractivity contribution in [1.29, 1.82) is 0 Å². The molecule has 22 heavy (non-hydrogen) atoms. The van der Waals surface area contributed by atoms with Crippen LogP contribution in [0.1, 0.15) is 6.92 Å². The summed E-state index contributed by atoms with van der Waals surface area (Å²) in [6.07, 6.45) is 0. The lowest BCUT2D eigenvalue weighted by atomic mass is 9.98. The van der Waals surface area contributed by atoms with E-state index in [1.165, 1.54) is 21.9 Å². The van der Waals surface area contributed by atoms with E-state index < -0.39 is 0 Å². The summed E-state index contributed by atoms with van der Waals surface area (Å²) in [5.74, 6) is 0.880. The molecule has 0 heterocycles. The van der Waals surface area contributed by atoms with Gasteiger partial charge in [0.05, 0.1) is 6.61 Å². The molecule has 0 amide bonds. The first-order valence-electron chi connectivity index (χ1n) is 7.67. The molecular formula is C20H20O2. The molecule has 3 aromatic rings. The van der Waals surface area contributed by atoms with Crippen LogP contribution in [-0.2, 0) is 4.74 Å². The highest BCUT2D eigenvalue weighted by atomic mass is 16.5. The molecular weight excluding hydrogens is 272 g/mol. The molecule has 0 saturated heterocycles. The molecule has 0 atom stereocenters. The number of rotatable bonds is 6. The largest absolute Gasteiger partial charge is 0.491 e. The molecule has 0 unspecified atom stereocenters. The quantitative estimate of drug-likeness (QED) is 0.600. The topological polar surface area (TPSA) is 18.5 Å². The molecule has 2 nitrogen and oxygen atoms in total. The average Bonchev–Trinajstić information content (AvgIpc) is 2.58. The summed E-state index contributed by atoms with van der Waals surface area (Å²) in [5, 5.41) is 2.51. The summed E-state index contributed by atoms with van der Waals surface area (Å²) in [4.78, 5) is 0.